The number of methoxy groups -OCH3 is 1. The van der Waals surface area contributed by atoms with Crippen LogP contribution in [0.3, 0.4) is 0 Å². The lowest BCUT2D eigenvalue weighted by Gasteiger charge is -2.15. The molecule has 0 heterocycles. The van der Waals surface area contributed by atoms with E-state index in [9.17, 15) is 13.2 Å². The standard InChI is InChI=1S/C23H24N2O5S/c1-17(16-30-21-14-12-20(29-2)13-15-21)24-23(26)18-8-10-19(11-9-18)25-31(27,28)22-6-4-3-5-7-22/h3-15,17,25H,16H2,1-2H3,(H,24,26). The highest BCUT2D eigenvalue weighted by Crippen LogP contribution is 2.18. The average molecular weight is 441 g/mol. The lowest BCUT2D eigenvalue weighted by molar-refractivity contribution is 0.0926. The summed E-state index contributed by atoms with van der Waals surface area (Å²) in [5.41, 5.74) is 0.787. The number of rotatable bonds is 9. The maximum absolute atomic E-state index is 12.4. The number of benzene rings is 3. The van der Waals surface area contributed by atoms with E-state index in [4.69, 9.17) is 9.47 Å². The SMILES string of the molecule is COc1ccc(OCC(C)NC(=O)c2ccc(NS(=O)(=O)c3ccccc3)cc2)cc1. The van der Waals surface area contributed by atoms with E-state index >= 15 is 0 Å². The molecule has 31 heavy (non-hydrogen) atoms. The monoisotopic (exact) mass is 440 g/mol. The van der Waals surface area contributed by atoms with E-state index in [0.717, 1.165) is 5.75 Å². The molecule has 3 aromatic carbocycles. The fourth-order valence-electron chi connectivity index (χ4n) is 2.75. The molecule has 0 aromatic heterocycles. The Morgan fingerprint density at radius 1 is 0.903 bits per heavy atom. The summed E-state index contributed by atoms with van der Waals surface area (Å²) >= 11 is 0. The molecule has 0 aliphatic heterocycles. The molecule has 0 spiro atoms. The van der Waals surface area contributed by atoms with Crippen molar-refractivity contribution in [2.24, 2.45) is 0 Å². The summed E-state index contributed by atoms with van der Waals surface area (Å²) in [5.74, 6) is 1.14. The van der Waals surface area contributed by atoms with Gasteiger partial charge in [0.25, 0.3) is 15.9 Å². The second-order valence-corrected chi connectivity index (χ2v) is 8.54. The van der Waals surface area contributed by atoms with Gasteiger partial charge in [0.1, 0.15) is 18.1 Å². The third-order valence-corrected chi connectivity index (χ3v) is 5.79. The number of hydrogen-bond acceptors (Lipinski definition) is 5. The van der Waals surface area contributed by atoms with Crippen molar-refractivity contribution in [3.05, 3.63) is 84.4 Å². The van der Waals surface area contributed by atoms with Crippen LogP contribution < -0.4 is 19.5 Å². The van der Waals surface area contributed by atoms with E-state index in [0.29, 0.717) is 23.6 Å². The molecule has 1 amide bonds. The van der Waals surface area contributed by atoms with Crippen molar-refractivity contribution < 1.29 is 22.7 Å². The summed E-state index contributed by atoms with van der Waals surface area (Å²) in [4.78, 5) is 12.6. The Morgan fingerprint density at radius 2 is 1.52 bits per heavy atom. The van der Waals surface area contributed by atoms with Crippen LogP contribution in [0.1, 0.15) is 17.3 Å². The molecule has 0 saturated heterocycles. The van der Waals surface area contributed by atoms with Gasteiger partial charge < -0.3 is 14.8 Å². The smallest absolute Gasteiger partial charge is 0.261 e. The van der Waals surface area contributed by atoms with Crippen LogP contribution in [0.15, 0.2) is 83.8 Å². The zero-order valence-electron chi connectivity index (χ0n) is 17.2. The van der Waals surface area contributed by atoms with Gasteiger partial charge in [-0.15, -0.1) is 0 Å². The van der Waals surface area contributed by atoms with E-state index < -0.39 is 10.0 Å². The van der Waals surface area contributed by atoms with E-state index in [2.05, 4.69) is 10.0 Å². The van der Waals surface area contributed by atoms with Crippen molar-refractivity contribution >= 4 is 21.6 Å². The molecule has 0 bridgehead atoms. The topological polar surface area (TPSA) is 93.7 Å². The van der Waals surface area contributed by atoms with Gasteiger partial charge in [-0.05, 0) is 67.6 Å². The van der Waals surface area contributed by atoms with E-state index in [1.54, 1.807) is 73.8 Å². The minimum absolute atomic E-state index is 0.169. The number of carbonyl (C=O) groups is 1. The fraction of sp³-hybridized carbons (Fsp3) is 0.174. The van der Waals surface area contributed by atoms with E-state index in [1.807, 2.05) is 6.92 Å². The van der Waals surface area contributed by atoms with Crippen molar-refractivity contribution in [2.75, 3.05) is 18.4 Å². The Kier molecular flexibility index (Phi) is 7.15. The van der Waals surface area contributed by atoms with Crippen LogP contribution in [-0.2, 0) is 10.0 Å². The van der Waals surface area contributed by atoms with Gasteiger partial charge in [0.2, 0.25) is 0 Å². The van der Waals surface area contributed by atoms with Crippen LogP contribution in [0.2, 0.25) is 0 Å². The number of nitrogens with one attached hydrogen (secondary N) is 2. The minimum Gasteiger partial charge on any atom is -0.497 e. The number of hydrogen-bond donors (Lipinski definition) is 2. The van der Waals surface area contributed by atoms with Crippen molar-refractivity contribution in [3.8, 4) is 11.5 Å². The molecule has 0 fully saturated rings. The summed E-state index contributed by atoms with van der Waals surface area (Å²) in [7, 11) is -2.08. The summed E-state index contributed by atoms with van der Waals surface area (Å²) in [6.45, 7) is 2.14. The third kappa shape index (κ3) is 6.23. The first kappa shape index (κ1) is 22.2. The Bertz CT molecular complexity index is 1100. The molecule has 2 N–H and O–H groups in total. The van der Waals surface area contributed by atoms with Crippen LogP contribution in [0.5, 0.6) is 11.5 Å². The molecule has 0 saturated carbocycles. The average Bonchev–Trinajstić information content (AvgIpc) is 2.79. The fourth-order valence-corrected chi connectivity index (χ4v) is 3.83. The normalized spacial score (nSPS) is 11.9. The maximum Gasteiger partial charge on any atom is 0.261 e. The number of amides is 1. The second-order valence-electron chi connectivity index (χ2n) is 6.86. The highest BCUT2D eigenvalue weighted by atomic mass is 32.2. The first-order valence-electron chi connectivity index (χ1n) is 9.63. The van der Waals surface area contributed by atoms with E-state index in [-0.39, 0.29) is 16.8 Å². The quantitative estimate of drug-likeness (QED) is 0.529. The predicted molar refractivity (Wildman–Crippen MR) is 119 cm³/mol. The highest BCUT2D eigenvalue weighted by molar-refractivity contribution is 7.92. The van der Waals surface area contributed by atoms with Crippen molar-refractivity contribution in [3.63, 3.8) is 0 Å². The van der Waals surface area contributed by atoms with E-state index in [1.165, 1.54) is 12.1 Å². The Hall–Kier alpha value is -3.52. The van der Waals surface area contributed by atoms with Crippen molar-refractivity contribution in [1.82, 2.24) is 5.32 Å². The molecule has 8 heteroatoms. The Labute approximate surface area is 182 Å². The molecule has 3 rings (SSSR count). The first-order valence-corrected chi connectivity index (χ1v) is 11.1. The van der Waals surface area contributed by atoms with Crippen LogP contribution in [-0.4, -0.2) is 34.1 Å². The molecule has 1 unspecified atom stereocenters. The van der Waals surface area contributed by atoms with Gasteiger partial charge in [-0.3, -0.25) is 9.52 Å². The summed E-state index contributed by atoms with van der Waals surface area (Å²) < 4.78 is 38.0. The van der Waals surface area contributed by atoms with Crippen molar-refractivity contribution in [2.45, 2.75) is 17.9 Å². The maximum atomic E-state index is 12.4. The van der Waals surface area contributed by atoms with Gasteiger partial charge >= 0.3 is 0 Å². The zero-order chi connectivity index (χ0) is 22.3. The molecule has 0 radical (unpaired) electrons. The van der Waals surface area contributed by atoms with Crippen molar-refractivity contribution in [1.29, 1.82) is 0 Å². The molecule has 1 atom stereocenters. The zero-order valence-corrected chi connectivity index (χ0v) is 18.1. The van der Waals surface area contributed by atoms with Crippen LogP contribution in [0.25, 0.3) is 0 Å². The number of ether oxygens (including phenoxy) is 2. The van der Waals surface area contributed by atoms with Gasteiger partial charge in [-0.2, -0.15) is 0 Å². The van der Waals surface area contributed by atoms with Crippen LogP contribution in [0, 0.1) is 0 Å². The number of carbonyl (C=O) groups excluding carboxylic acids is 1. The third-order valence-electron chi connectivity index (χ3n) is 4.39. The van der Waals surface area contributed by atoms with Gasteiger partial charge in [-0.25, -0.2) is 8.42 Å². The lowest BCUT2D eigenvalue weighted by atomic mass is 10.2. The largest absolute Gasteiger partial charge is 0.497 e. The van der Waals surface area contributed by atoms with Crippen LogP contribution >= 0.6 is 0 Å². The molecular weight excluding hydrogens is 416 g/mol. The minimum atomic E-state index is -3.68. The summed E-state index contributed by atoms with van der Waals surface area (Å²) in [6.07, 6.45) is 0. The molecular formula is C23H24N2O5S. The molecule has 7 nitrogen and oxygen atoms in total. The summed E-state index contributed by atoms with van der Waals surface area (Å²) in [5, 5.41) is 2.86. The van der Waals surface area contributed by atoms with Gasteiger partial charge in [-0.1, -0.05) is 18.2 Å². The molecule has 0 aliphatic carbocycles. The highest BCUT2D eigenvalue weighted by Gasteiger charge is 2.15. The molecule has 0 aliphatic rings. The lowest BCUT2D eigenvalue weighted by Crippen LogP contribution is -2.36. The molecule has 3 aromatic rings. The summed E-state index contributed by atoms with van der Waals surface area (Å²) in [6, 6.07) is 21.3. The van der Waals surface area contributed by atoms with Gasteiger partial charge in [0.15, 0.2) is 0 Å². The number of anilines is 1. The predicted octanol–water partition coefficient (Wildman–Crippen LogP) is 3.69. The van der Waals surface area contributed by atoms with Gasteiger partial charge in [0.05, 0.1) is 18.0 Å². The Balaban J connectivity index is 1.53. The first-order chi connectivity index (χ1) is 14.9. The second kappa shape index (κ2) is 9.99. The van der Waals surface area contributed by atoms with Gasteiger partial charge in [0, 0.05) is 11.3 Å². The van der Waals surface area contributed by atoms with Crippen LogP contribution in [0.4, 0.5) is 5.69 Å². The molecule has 162 valence electrons. The Morgan fingerprint density at radius 3 is 2.13 bits per heavy atom. The number of sulfonamides is 1.